The Bertz CT molecular complexity index is 393. The van der Waals surface area contributed by atoms with Gasteiger partial charge in [0.05, 0.1) is 23.7 Å². The first kappa shape index (κ1) is 11.0. The highest BCUT2D eigenvalue weighted by atomic mass is 16.6. The monoisotopic (exact) mass is 210 g/mol. The Labute approximate surface area is 85.8 Å². The fraction of sp³-hybridized carbons (Fsp3) is 0.222. The second-order valence-corrected chi connectivity index (χ2v) is 2.94. The van der Waals surface area contributed by atoms with Crippen LogP contribution in [0.4, 0.5) is 5.69 Å². The number of nitrogens with zero attached hydrogens (tertiary/aromatic N) is 1. The van der Waals surface area contributed by atoms with Crippen LogP contribution in [0.1, 0.15) is 15.9 Å². The van der Waals surface area contributed by atoms with E-state index in [0.29, 0.717) is 0 Å². The van der Waals surface area contributed by atoms with E-state index < -0.39 is 10.8 Å². The molecule has 0 aromatic heterocycles. The van der Waals surface area contributed by atoms with Crippen LogP contribution in [0.2, 0.25) is 0 Å². The van der Waals surface area contributed by atoms with Crippen molar-refractivity contribution in [3.05, 3.63) is 33.4 Å². The molecule has 1 aromatic rings. The van der Waals surface area contributed by atoms with Crippen LogP contribution in [0.3, 0.4) is 0 Å². The molecule has 0 fully saturated rings. The number of nitro groups is 1. The number of carbonyl (C=O) groups is 1. The van der Waals surface area contributed by atoms with Gasteiger partial charge in [0, 0.05) is 5.56 Å². The van der Waals surface area contributed by atoms with Crippen molar-refractivity contribution in [3.63, 3.8) is 0 Å². The average Bonchev–Trinajstić information content (AvgIpc) is 2.17. The molecule has 80 valence electrons. The van der Waals surface area contributed by atoms with Gasteiger partial charge in [0.25, 0.3) is 5.69 Å². The molecular weight excluding hydrogens is 200 g/mol. The predicted octanol–water partition coefficient (Wildman–Crippen LogP) is 1.01. The van der Waals surface area contributed by atoms with Crippen molar-refractivity contribution in [1.82, 2.24) is 0 Å². The van der Waals surface area contributed by atoms with E-state index in [2.05, 4.69) is 0 Å². The summed E-state index contributed by atoms with van der Waals surface area (Å²) >= 11 is 0. The van der Waals surface area contributed by atoms with Crippen molar-refractivity contribution in [3.8, 4) is 5.75 Å². The summed E-state index contributed by atoms with van der Waals surface area (Å²) in [6.07, 6.45) is 0. The minimum absolute atomic E-state index is 0.0982. The normalized spacial score (nSPS) is 9.73. The number of hydrogen-bond donors (Lipinski definition) is 1. The number of amides is 1. The van der Waals surface area contributed by atoms with Crippen LogP contribution in [0.15, 0.2) is 12.1 Å². The molecule has 0 atom stereocenters. The smallest absolute Gasteiger partial charge is 0.276 e. The lowest BCUT2D eigenvalue weighted by Crippen LogP contribution is -2.13. The highest BCUT2D eigenvalue weighted by molar-refractivity contribution is 5.95. The molecule has 0 aliphatic heterocycles. The summed E-state index contributed by atoms with van der Waals surface area (Å²) in [5, 5.41) is 10.7. The molecule has 0 aliphatic carbocycles. The molecule has 6 nitrogen and oxygen atoms in total. The molecule has 0 aliphatic rings. The second-order valence-electron chi connectivity index (χ2n) is 2.94. The molecule has 0 heterocycles. The van der Waals surface area contributed by atoms with Gasteiger partial charge >= 0.3 is 0 Å². The predicted molar refractivity (Wildman–Crippen MR) is 52.9 cm³/mol. The first-order valence-electron chi connectivity index (χ1n) is 4.10. The van der Waals surface area contributed by atoms with Crippen molar-refractivity contribution in [1.29, 1.82) is 0 Å². The maximum Gasteiger partial charge on any atom is 0.276 e. The number of carbonyl (C=O) groups excluding carboxylic acids is 1. The summed E-state index contributed by atoms with van der Waals surface area (Å²) in [6, 6.07) is 2.63. The highest BCUT2D eigenvalue weighted by Crippen LogP contribution is 2.27. The molecule has 0 radical (unpaired) electrons. The summed E-state index contributed by atoms with van der Waals surface area (Å²) in [5.41, 5.74) is 5.25. The first-order chi connectivity index (χ1) is 6.97. The standard InChI is InChI=1S/C9H10N2O4/c1-5-7(9(10)12)3-6(15-2)4-8(5)11(13)14/h3-4H,1-2H3,(H2,10,12). The van der Waals surface area contributed by atoms with Gasteiger partial charge in [0.1, 0.15) is 5.75 Å². The van der Waals surface area contributed by atoms with Crippen molar-refractivity contribution < 1.29 is 14.5 Å². The number of ether oxygens (including phenoxy) is 1. The summed E-state index contributed by atoms with van der Waals surface area (Å²) in [7, 11) is 1.36. The van der Waals surface area contributed by atoms with Gasteiger partial charge in [-0.15, -0.1) is 0 Å². The van der Waals surface area contributed by atoms with E-state index >= 15 is 0 Å². The van der Waals surface area contributed by atoms with E-state index in [-0.39, 0.29) is 22.6 Å². The fourth-order valence-electron chi connectivity index (χ4n) is 1.24. The third kappa shape index (κ3) is 2.04. The highest BCUT2D eigenvalue weighted by Gasteiger charge is 2.19. The Morgan fingerprint density at radius 3 is 2.53 bits per heavy atom. The molecule has 1 aromatic carbocycles. The zero-order valence-electron chi connectivity index (χ0n) is 8.31. The molecule has 0 unspecified atom stereocenters. The Balaban J connectivity index is 3.47. The van der Waals surface area contributed by atoms with E-state index in [1.165, 1.54) is 26.2 Å². The lowest BCUT2D eigenvalue weighted by molar-refractivity contribution is -0.385. The largest absolute Gasteiger partial charge is 0.496 e. The lowest BCUT2D eigenvalue weighted by Gasteiger charge is -2.06. The molecule has 0 bridgehead atoms. The van der Waals surface area contributed by atoms with Crippen LogP contribution in [-0.4, -0.2) is 17.9 Å². The Hall–Kier alpha value is -2.11. The number of rotatable bonds is 3. The molecule has 1 rings (SSSR count). The van der Waals surface area contributed by atoms with Gasteiger partial charge < -0.3 is 10.5 Å². The van der Waals surface area contributed by atoms with Crippen molar-refractivity contribution in [2.75, 3.05) is 7.11 Å². The van der Waals surface area contributed by atoms with Crippen LogP contribution in [-0.2, 0) is 0 Å². The minimum Gasteiger partial charge on any atom is -0.496 e. The Kier molecular flexibility index (Phi) is 2.89. The first-order valence-corrected chi connectivity index (χ1v) is 4.10. The van der Waals surface area contributed by atoms with Gasteiger partial charge in [-0.05, 0) is 13.0 Å². The van der Waals surface area contributed by atoms with Gasteiger partial charge in [-0.3, -0.25) is 14.9 Å². The van der Waals surface area contributed by atoms with Crippen LogP contribution >= 0.6 is 0 Å². The van der Waals surface area contributed by atoms with E-state index in [1.54, 1.807) is 0 Å². The van der Waals surface area contributed by atoms with Gasteiger partial charge in [-0.25, -0.2) is 0 Å². The minimum atomic E-state index is -0.713. The van der Waals surface area contributed by atoms with Gasteiger partial charge in [0.15, 0.2) is 0 Å². The van der Waals surface area contributed by atoms with Gasteiger partial charge in [-0.2, -0.15) is 0 Å². The summed E-state index contributed by atoms with van der Waals surface area (Å²) in [4.78, 5) is 21.1. The second kappa shape index (κ2) is 3.95. The summed E-state index contributed by atoms with van der Waals surface area (Å²) < 4.78 is 4.84. The Morgan fingerprint density at radius 1 is 1.53 bits per heavy atom. The number of nitro benzene ring substituents is 1. The van der Waals surface area contributed by atoms with E-state index in [1.807, 2.05) is 0 Å². The average molecular weight is 210 g/mol. The maximum atomic E-state index is 11.0. The van der Waals surface area contributed by atoms with E-state index in [0.717, 1.165) is 0 Å². The summed E-state index contributed by atoms with van der Waals surface area (Å²) in [6.45, 7) is 1.47. The third-order valence-corrected chi connectivity index (χ3v) is 2.05. The van der Waals surface area contributed by atoms with Gasteiger partial charge in [0.2, 0.25) is 5.91 Å². The molecule has 0 saturated heterocycles. The van der Waals surface area contributed by atoms with E-state index in [9.17, 15) is 14.9 Å². The van der Waals surface area contributed by atoms with Crippen LogP contribution in [0, 0.1) is 17.0 Å². The molecule has 6 heteroatoms. The maximum absolute atomic E-state index is 11.0. The molecule has 2 N–H and O–H groups in total. The third-order valence-electron chi connectivity index (χ3n) is 2.05. The van der Waals surface area contributed by atoms with Crippen molar-refractivity contribution in [2.45, 2.75) is 6.92 Å². The Morgan fingerprint density at radius 2 is 2.13 bits per heavy atom. The lowest BCUT2D eigenvalue weighted by atomic mass is 10.1. The van der Waals surface area contributed by atoms with Crippen LogP contribution < -0.4 is 10.5 Å². The van der Waals surface area contributed by atoms with Crippen LogP contribution in [0.25, 0.3) is 0 Å². The topological polar surface area (TPSA) is 95.5 Å². The molecule has 0 saturated carbocycles. The zero-order valence-corrected chi connectivity index (χ0v) is 8.31. The number of nitrogens with two attached hydrogens (primary N) is 1. The zero-order chi connectivity index (χ0) is 11.6. The van der Waals surface area contributed by atoms with Crippen molar-refractivity contribution in [2.24, 2.45) is 5.73 Å². The molecule has 15 heavy (non-hydrogen) atoms. The number of hydrogen-bond acceptors (Lipinski definition) is 4. The van der Waals surface area contributed by atoms with Crippen LogP contribution in [0.5, 0.6) is 5.75 Å². The number of benzene rings is 1. The summed E-state index contributed by atoms with van der Waals surface area (Å²) in [5.74, 6) is -0.476. The number of methoxy groups -OCH3 is 1. The molecular formula is C9H10N2O4. The SMILES string of the molecule is COc1cc(C(N)=O)c(C)c([N+](=O)[O-])c1. The molecule has 0 spiro atoms. The van der Waals surface area contributed by atoms with Crippen molar-refractivity contribution >= 4 is 11.6 Å². The van der Waals surface area contributed by atoms with E-state index in [4.69, 9.17) is 10.5 Å². The molecule has 1 amide bonds. The van der Waals surface area contributed by atoms with Gasteiger partial charge in [-0.1, -0.05) is 0 Å². The number of primary amides is 1. The quantitative estimate of drug-likeness (QED) is 0.594. The fourth-order valence-corrected chi connectivity index (χ4v) is 1.24.